The number of carbonyl (C=O) groups excluding carboxylic acids is 1. The molecule has 3 aromatic heterocycles. The molecule has 0 saturated heterocycles. The van der Waals surface area contributed by atoms with Crippen molar-refractivity contribution in [3.8, 4) is 11.4 Å². The van der Waals surface area contributed by atoms with E-state index in [-0.39, 0.29) is 11.7 Å². The van der Waals surface area contributed by atoms with E-state index >= 15 is 0 Å². The van der Waals surface area contributed by atoms with Crippen LogP contribution in [0.3, 0.4) is 0 Å². The fourth-order valence-corrected chi connectivity index (χ4v) is 5.00. The summed E-state index contributed by atoms with van der Waals surface area (Å²) in [5.41, 5.74) is 3.42. The van der Waals surface area contributed by atoms with E-state index in [0.717, 1.165) is 31.4 Å². The number of thioether (sulfide) groups is 1. The zero-order valence-electron chi connectivity index (χ0n) is 16.8. The molecule has 0 bridgehead atoms. The van der Waals surface area contributed by atoms with Gasteiger partial charge in [0.1, 0.15) is 0 Å². The minimum Gasteiger partial charge on any atom is -0.339 e. The molecule has 0 spiro atoms. The molecule has 1 N–H and O–H groups in total. The van der Waals surface area contributed by atoms with Crippen LogP contribution in [0.15, 0.2) is 81.9 Å². The van der Waals surface area contributed by atoms with Gasteiger partial charge < -0.3 is 9.84 Å². The summed E-state index contributed by atoms with van der Waals surface area (Å²) in [6.07, 6.45) is 3.78. The summed E-state index contributed by atoms with van der Waals surface area (Å²) in [6, 6.07) is 19.2. The summed E-state index contributed by atoms with van der Waals surface area (Å²) in [5, 5.41) is 7.04. The molecule has 0 fully saturated rings. The van der Waals surface area contributed by atoms with E-state index in [1.54, 1.807) is 23.7 Å². The second-order valence-corrected chi connectivity index (χ2v) is 9.12. The minimum atomic E-state index is -0.0929. The van der Waals surface area contributed by atoms with E-state index in [1.807, 2.05) is 60.7 Å². The number of amides is 1. The van der Waals surface area contributed by atoms with E-state index in [2.05, 4.69) is 25.4 Å². The van der Waals surface area contributed by atoms with Crippen LogP contribution in [-0.4, -0.2) is 31.8 Å². The number of carbonyl (C=O) groups is 1. The van der Waals surface area contributed by atoms with Crippen LogP contribution in [0.5, 0.6) is 0 Å². The third-order valence-electron chi connectivity index (χ3n) is 4.64. The molecule has 9 heteroatoms. The Kier molecular flexibility index (Phi) is 5.91. The van der Waals surface area contributed by atoms with Crippen molar-refractivity contribution < 1.29 is 9.32 Å². The summed E-state index contributed by atoms with van der Waals surface area (Å²) in [6.45, 7) is 0. The fourth-order valence-electron chi connectivity index (χ4n) is 3.13. The van der Waals surface area contributed by atoms with Gasteiger partial charge in [0.15, 0.2) is 4.34 Å². The van der Waals surface area contributed by atoms with Crippen molar-refractivity contribution in [2.24, 2.45) is 0 Å². The smallest absolute Gasteiger partial charge is 0.234 e. The molecule has 32 heavy (non-hydrogen) atoms. The summed E-state index contributed by atoms with van der Waals surface area (Å²) in [4.78, 5) is 25.6. The van der Waals surface area contributed by atoms with E-state index in [4.69, 9.17) is 4.52 Å². The van der Waals surface area contributed by atoms with Gasteiger partial charge in [-0.25, -0.2) is 4.98 Å². The highest BCUT2D eigenvalue weighted by molar-refractivity contribution is 8.01. The molecule has 0 aliphatic heterocycles. The number of benzene rings is 2. The Hall–Kier alpha value is -3.56. The molecule has 0 aliphatic rings. The SMILES string of the molecule is O=C(CSc1nc2ccccc2s1)Nc1ccccc1Cc1nc(-c2ccncc2)no1. The van der Waals surface area contributed by atoms with Crippen LogP contribution < -0.4 is 5.32 Å². The van der Waals surface area contributed by atoms with Gasteiger partial charge in [-0.2, -0.15) is 4.98 Å². The summed E-state index contributed by atoms with van der Waals surface area (Å²) in [5.74, 6) is 1.17. The van der Waals surface area contributed by atoms with E-state index < -0.39 is 0 Å². The van der Waals surface area contributed by atoms with Gasteiger partial charge in [-0.05, 0) is 35.9 Å². The second kappa shape index (κ2) is 9.29. The molecule has 2 aromatic carbocycles. The fraction of sp³-hybridized carbons (Fsp3) is 0.0870. The van der Waals surface area contributed by atoms with Crippen LogP contribution in [0.25, 0.3) is 21.6 Å². The molecule has 0 radical (unpaired) electrons. The predicted octanol–water partition coefficient (Wildman–Crippen LogP) is 5.06. The first-order chi connectivity index (χ1) is 15.7. The zero-order chi connectivity index (χ0) is 21.8. The molecule has 7 nitrogen and oxygen atoms in total. The van der Waals surface area contributed by atoms with Crippen molar-refractivity contribution in [1.29, 1.82) is 0 Å². The van der Waals surface area contributed by atoms with Crippen molar-refractivity contribution in [3.63, 3.8) is 0 Å². The van der Waals surface area contributed by atoms with Gasteiger partial charge in [0, 0.05) is 23.6 Å². The maximum Gasteiger partial charge on any atom is 0.234 e. The average molecular weight is 460 g/mol. The van der Waals surface area contributed by atoms with Gasteiger partial charge >= 0.3 is 0 Å². The zero-order valence-corrected chi connectivity index (χ0v) is 18.4. The first-order valence-electron chi connectivity index (χ1n) is 9.84. The van der Waals surface area contributed by atoms with Crippen molar-refractivity contribution >= 4 is 44.9 Å². The first kappa shape index (κ1) is 20.3. The van der Waals surface area contributed by atoms with Gasteiger partial charge in [0.25, 0.3) is 0 Å². The van der Waals surface area contributed by atoms with Gasteiger partial charge in [0.2, 0.25) is 17.6 Å². The second-order valence-electron chi connectivity index (χ2n) is 6.87. The Morgan fingerprint density at radius 3 is 2.69 bits per heavy atom. The highest BCUT2D eigenvalue weighted by atomic mass is 32.2. The number of para-hydroxylation sites is 2. The van der Waals surface area contributed by atoms with Crippen LogP contribution in [0.1, 0.15) is 11.5 Å². The number of nitrogens with zero attached hydrogens (tertiary/aromatic N) is 4. The summed E-state index contributed by atoms with van der Waals surface area (Å²) >= 11 is 3.02. The van der Waals surface area contributed by atoms with Gasteiger partial charge in [-0.15, -0.1) is 11.3 Å². The number of pyridine rings is 1. The number of thiazole rings is 1. The number of hydrogen-bond acceptors (Lipinski definition) is 8. The lowest BCUT2D eigenvalue weighted by Gasteiger charge is -2.09. The molecule has 5 aromatic rings. The van der Waals surface area contributed by atoms with Crippen LogP contribution in [0.2, 0.25) is 0 Å². The molecule has 3 heterocycles. The molecular weight excluding hydrogens is 442 g/mol. The predicted molar refractivity (Wildman–Crippen MR) is 126 cm³/mol. The quantitative estimate of drug-likeness (QED) is 0.340. The van der Waals surface area contributed by atoms with E-state index in [1.165, 1.54) is 11.8 Å². The van der Waals surface area contributed by atoms with Crippen LogP contribution in [-0.2, 0) is 11.2 Å². The molecular formula is C23H17N5O2S2. The lowest BCUT2D eigenvalue weighted by Crippen LogP contribution is -2.15. The highest BCUT2D eigenvalue weighted by Crippen LogP contribution is 2.29. The lowest BCUT2D eigenvalue weighted by molar-refractivity contribution is -0.113. The summed E-state index contributed by atoms with van der Waals surface area (Å²) in [7, 11) is 0. The van der Waals surface area contributed by atoms with Crippen molar-refractivity contribution in [2.75, 3.05) is 11.1 Å². The molecule has 0 atom stereocenters. The van der Waals surface area contributed by atoms with E-state index in [0.29, 0.717) is 18.1 Å². The molecule has 5 rings (SSSR count). The average Bonchev–Trinajstić information content (AvgIpc) is 3.46. The van der Waals surface area contributed by atoms with Gasteiger partial charge in [0.05, 0.1) is 22.4 Å². The third kappa shape index (κ3) is 4.68. The number of nitrogens with one attached hydrogen (secondary N) is 1. The number of fused-ring (bicyclic) bond motifs is 1. The largest absolute Gasteiger partial charge is 0.339 e. The molecule has 158 valence electrons. The summed E-state index contributed by atoms with van der Waals surface area (Å²) < 4.78 is 7.41. The number of rotatable bonds is 7. The van der Waals surface area contributed by atoms with Crippen LogP contribution in [0, 0.1) is 0 Å². The van der Waals surface area contributed by atoms with E-state index in [9.17, 15) is 4.79 Å². The Balaban J connectivity index is 1.24. The first-order valence-corrected chi connectivity index (χ1v) is 11.6. The van der Waals surface area contributed by atoms with Crippen molar-refractivity contribution in [1.82, 2.24) is 20.1 Å². The topological polar surface area (TPSA) is 93.8 Å². The molecule has 0 aliphatic carbocycles. The van der Waals surface area contributed by atoms with Gasteiger partial charge in [-0.3, -0.25) is 9.78 Å². The normalized spacial score (nSPS) is 11.0. The Morgan fingerprint density at radius 1 is 1.00 bits per heavy atom. The Bertz CT molecular complexity index is 1330. The van der Waals surface area contributed by atoms with Crippen LogP contribution in [0.4, 0.5) is 5.69 Å². The Labute approximate surface area is 191 Å². The minimum absolute atomic E-state index is 0.0929. The number of hydrogen-bond donors (Lipinski definition) is 1. The van der Waals surface area contributed by atoms with Crippen molar-refractivity contribution in [2.45, 2.75) is 10.8 Å². The maximum atomic E-state index is 12.6. The van der Waals surface area contributed by atoms with Crippen LogP contribution >= 0.6 is 23.1 Å². The molecule has 1 amide bonds. The van der Waals surface area contributed by atoms with Gasteiger partial charge in [-0.1, -0.05) is 47.3 Å². The lowest BCUT2D eigenvalue weighted by atomic mass is 10.1. The monoisotopic (exact) mass is 459 g/mol. The Morgan fingerprint density at radius 2 is 1.81 bits per heavy atom. The third-order valence-corrected chi connectivity index (χ3v) is 6.82. The molecule has 0 unspecified atom stereocenters. The number of anilines is 1. The number of aromatic nitrogens is 4. The molecule has 0 saturated carbocycles. The maximum absolute atomic E-state index is 12.6. The van der Waals surface area contributed by atoms with Crippen molar-refractivity contribution in [3.05, 3.63) is 84.5 Å². The highest BCUT2D eigenvalue weighted by Gasteiger charge is 2.13. The standard InChI is InChI=1S/C23H17N5O2S2/c29-20(14-31-23-26-18-7-3-4-8-19(18)32-23)25-17-6-2-1-5-16(17)13-21-27-22(28-30-21)15-9-11-24-12-10-15/h1-12H,13-14H2,(H,25,29).